The molecular weight excluding hydrogens is 436 g/mol. The molecule has 31 heavy (non-hydrogen) atoms. The Kier molecular flexibility index (Phi) is 6.35. The lowest BCUT2D eigenvalue weighted by Crippen LogP contribution is -2.25. The van der Waals surface area contributed by atoms with Gasteiger partial charge in [-0.15, -0.1) is 0 Å². The number of amides is 1. The highest BCUT2D eigenvalue weighted by Gasteiger charge is 2.11. The highest BCUT2D eigenvalue weighted by Crippen LogP contribution is 2.31. The molecule has 4 nitrogen and oxygen atoms in total. The normalized spacial score (nSPS) is 10.8. The van der Waals surface area contributed by atoms with E-state index < -0.39 is 0 Å². The summed E-state index contributed by atoms with van der Waals surface area (Å²) in [7, 11) is 0. The fourth-order valence-corrected chi connectivity index (χ4v) is 3.69. The monoisotopic (exact) mass is 453 g/mol. The summed E-state index contributed by atoms with van der Waals surface area (Å²) < 4.78 is 12.9. The van der Waals surface area contributed by atoms with Crippen molar-refractivity contribution in [2.45, 2.75) is 6.42 Å². The molecule has 1 amide bonds. The van der Waals surface area contributed by atoms with Crippen LogP contribution < -0.4 is 5.32 Å². The van der Waals surface area contributed by atoms with Gasteiger partial charge in [0.2, 0.25) is 0 Å². The Balaban J connectivity index is 1.39. The Morgan fingerprint density at radius 2 is 1.71 bits per heavy atom. The van der Waals surface area contributed by atoms with E-state index in [1.54, 1.807) is 36.4 Å². The van der Waals surface area contributed by atoms with E-state index in [4.69, 9.17) is 23.2 Å². The summed E-state index contributed by atoms with van der Waals surface area (Å²) in [6.07, 6.45) is 0.632. The summed E-state index contributed by atoms with van der Waals surface area (Å²) in [5.41, 5.74) is 4.72. The van der Waals surface area contributed by atoms with Gasteiger partial charge in [0.05, 0.1) is 16.4 Å². The highest BCUT2D eigenvalue weighted by molar-refractivity contribution is 6.36. The number of nitrogens with one attached hydrogen (secondary N) is 2. The van der Waals surface area contributed by atoms with Gasteiger partial charge >= 0.3 is 0 Å². The van der Waals surface area contributed by atoms with Crippen molar-refractivity contribution < 1.29 is 9.18 Å². The van der Waals surface area contributed by atoms with Crippen LogP contribution in [0.4, 0.5) is 4.39 Å². The molecule has 0 aliphatic heterocycles. The molecular formula is C24H18Cl2FN3O. The van der Waals surface area contributed by atoms with Gasteiger partial charge in [0.15, 0.2) is 0 Å². The number of benzene rings is 3. The van der Waals surface area contributed by atoms with E-state index in [9.17, 15) is 9.18 Å². The van der Waals surface area contributed by atoms with Gasteiger partial charge in [0, 0.05) is 28.3 Å². The van der Waals surface area contributed by atoms with E-state index in [1.165, 1.54) is 12.1 Å². The Labute approximate surface area is 189 Å². The van der Waals surface area contributed by atoms with Crippen LogP contribution in [0.15, 0.2) is 72.8 Å². The number of halogens is 3. The van der Waals surface area contributed by atoms with Crippen LogP contribution in [0.3, 0.4) is 0 Å². The minimum atomic E-state index is -0.270. The zero-order valence-electron chi connectivity index (χ0n) is 16.3. The molecule has 0 saturated heterocycles. The van der Waals surface area contributed by atoms with Gasteiger partial charge in [-0.25, -0.2) is 4.39 Å². The second-order valence-electron chi connectivity index (χ2n) is 7.00. The lowest BCUT2D eigenvalue weighted by atomic mass is 10.1. The van der Waals surface area contributed by atoms with Crippen molar-refractivity contribution in [3.05, 3.63) is 99.8 Å². The van der Waals surface area contributed by atoms with Gasteiger partial charge in [0.25, 0.3) is 5.91 Å². The van der Waals surface area contributed by atoms with Gasteiger partial charge in [-0.05, 0) is 60.5 Å². The number of hydrogen-bond donors (Lipinski definition) is 2. The number of carbonyl (C=O) groups is 1. The molecule has 0 fully saturated rings. The molecule has 3 aromatic carbocycles. The van der Waals surface area contributed by atoms with E-state index in [2.05, 4.69) is 15.5 Å². The molecule has 0 spiro atoms. The topological polar surface area (TPSA) is 57.8 Å². The average Bonchev–Trinajstić information content (AvgIpc) is 3.25. The second-order valence-corrected chi connectivity index (χ2v) is 7.84. The minimum Gasteiger partial charge on any atom is -0.352 e. The van der Waals surface area contributed by atoms with Crippen molar-refractivity contribution >= 4 is 29.1 Å². The third-order valence-electron chi connectivity index (χ3n) is 4.85. The summed E-state index contributed by atoms with van der Waals surface area (Å²) in [6.45, 7) is 0.469. The van der Waals surface area contributed by atoms with Gasteiger partial charge < -0.3 is 5.32 Å². The molecule has 0 atom stereocenters. The molecule has 0 aliphatic carbocycles. The van der Waals surface area contributed by atoms with Crippen molar-refractivity contribution in [1.82, 2.24) is 15.5 Å². The standard InChI is InChI=1S/C24H18Cl2FN3O/c25-18-7-10-20(21(26)13-18)23-14-22(29-30-23)16-3-5-17(6-4-16)24(31)28-12-11-15-1-8-19(27)9-2-15/h1-10,13-14H,11-12H2,(H,28,31)(H,29,30). The summed E-state index contributed by atoms with van der Waals surface area (Å²) in [6, 6.07) is 20.6. The first-order valence-electron chi connectivity index (χ1n) is 9.63. The van der Waals surface area contributed by atoms with Crippen LogP contribution in [0.2, 0.25) is 10.0 Å². The number of hydrogen-bond acceptors (Lipinski definition) is 2. The Morgan fingerprint density at radius 1 is 0.968 bits per heavy atom. The highest BCUT2D eigenvalue weighted by atomic mass is 35.5. The predicted octanol–water partition coefficient (Wildman–Crippen LogP) is 6.16. The van der Waals surface area contributed by atoms with Gasteiger partial charge in [0.1, 0.15) is 5.82 Å². The van der Waals surface area contributed by atoms with E-state index in [1.807, 2.05) is 24.3 Å². The maximum Gasteiger partial charge on any atom is 0.251 e. The van der Waals surface area contributed by atoms with Crippen molar-refractivity contribution in [2.75, 3.05) is 6.54 Å². The molecule has 2 N–H and O–H groups in total. The zero-order valence-corrected chi connectivity index (χ0v) is 17.8. The quantitative estimate of drug-likeness (QED) is 0.367. The summed E-state index contributed by atoms with van der Waals surface area (Å²) in [5.74, 6) is -0.433. The number of carbonyl (C=O) groups excluding carboxylic acids is 1. The molecule has 0 aliphatic rings. The first kappa shape index (κ1) is 21.1. The first-order valence-corrected chi connectivity index (χ1v) is 10.4. The molecule has 4 aromatic rings. The van der Waals surface area contributed by atoms with Crippen LogP contribution in [-0.4, -0.2) is 22.6 Å². The molecule has 0 bridgehead atoms. The molecule has 7 heteroatoms. The molecule has 0 radical (unpaired) electrons. The summed E-state index contributed by atoms with van der Waals surface area (Å²) >= 11 is 12.2. The van der Waals surface area contributed by atoms with Crippen LogP contribution in [0.5, 0.6) is 0 Å². The zero-order chi connectivity index (χ0) is 21.8. The minimum absolute atomic E-state index is 0.163. The van der Waals surface area contributed by atoms with E-state index >= 15 is 0 Å². The van der Waals surface area contributed by atoms with Crippen LogP contribution >= 0.6 is 23.2 Å². The van der Waals surface area contributed by atoms with Crippen LogP contribution in [-0.2, 0) is 6.42 Å². The second kappa shape index (κ2) is 9.33. The smallest absolute Gasteiger partial charge is 0.251 e. The van der Waals surface area contributed by atoms with Crippen molar-refractivity contribution in [3.63, 3.8) is 0 Å². The summed E-state index contributed by atoms with van der Waals surface area (Å²) in [4.78, 5) is 12.4. The SMILES string of the molecule is O=C(NCCc1ccc(F)cc1)c1ccc(-c2cc(-c3ccc(Cl)cc3Cl)[nH]n2)cc1. The lowest BCUT2D eigenvalue weighted by molar-refractivity contribution is 0.0954. The first-order chi connectivity index (χ1) is 15.0. The number of rotatable bonds is 6. The van der Waals surface area contributed by atoms with Crippen molar-refractivity contribution in [3.8, 4) is 22.5 Å². The largest absolute Gasteiger partial charge is 0.352 e. The van der Waals surface area contributed by atoms with Crippen molar-refractivity contribution in [1.29, 1.82) is 0 Å². The van der Waals surface area contributed by atoms with Gasteiger partial charge in [-0.2, -0.15) is 5.10 Å². The lowest BCUT2D eigenvalue weighted by Gasteiger charge is -2.06. The van der Waals surface area contributed by atoms with Gasteiger partial charge in [-0.3, -0.25) is 9.89 Å². The maximum atomic E-state index is 12.9. The fourth-order valence-electron chi connectivity index (χ4n) is 3.18. The predicted molar refractivity (Wildman–Crippen MR) is 122 cm³/mol. The van der Waals surface area contributed by atoms with Crippen LogP contribution in [0, 0.1) is 5.82 Å². The molecule has 4 rings (SSSR count). The van der Waals surface area contributed by atoms with E-state index in [0.29, 0.717) is 28.6 Å². The summed E-state index contributed by atoms with van der Waals surface area (Å²) in [5, 5.41) is 11.3. The molecule has 156 valence electrons. The molecule has 0 unspecified atom stereocenters. The molecule has 1 heterocycles. The third kappa shape index (κ3) is 5.13. The Bertz CT molecular complexity index is 1200. The number of aromatic nitrogens is 2. The van der Waals surface area contributed by atoms with E-state index in [-0.39, 0.29) is 11.7 Å². The van der Waals surface area contributed by atoms with Crippen LogP contribution in [0.25, 0.3) is 22.5 Å². The van der Waals surface area contributed by atoms with Gasteiger partial charge in [-0.1, -0.05) is 47.5 Å². The fraction of sp³-hybridized carbons (Fsp3) is 0.0833. The number of H-pyrrole nitrogens is 1. The Morgan fingerprint density at radius 3 is 2.42 bits per heavy atom. The molecule has 1 aromatic heterocycles. The Hall–Kier alpha value is -3.15. The van der Waals surface area contributed by atoms with E-state index in [0.717, 1.165) is 28.1 Å². The maximum absolute atomic E-state index is 12.9. The number of aromatic amines is 1. The third-order valence-corrected chi connectivity index (χ3v) is 5.40. The average molecular weight is 454 g/mol. The molecule has 0 saturated carbocycles. The van der Waals surface area contributed by atoms with Crippen molar-refractivity contribution in [2.24, 2.45) is 0 Å². The number of nitrogens with zero attached hydrogens (tertiary/aromatic N) is 1. The van der Waals surface area contributed by atoms with Crippen LogP contribution in [0.1, 0.15) is 15.9 Å².